The lowest BCUT2D eigenvalue weighted by Crippen LogP contribution is -2.16. The van der Waals surface area contributed by atoms with Gasteiger partial charge in [-0.25, -0.2) is 8.42 Å². The predicted molar refractivity (Wildman–Crippen MR) is 124 cm³/mol. The Morgan fingerprint density at radius 1 is 1.03 bits per heavy atom. The van der Waals surface area contributed by atoms with Crippen molar-refractivity contribution in [3.8, 4) is 5.75 Å². The molecule has 0 aliphatic heterocycles. The van der Waals surface area contributed by atoms with Crippen molar-refractivity contribution in [1.29, 1.82) is 0 Å². The second-order valence-electron chi connectivity index (χ2n) is 6.96. The molecule has 2 N–H and O–H groups in total. The van der Waals surface area contributed by atoms with Crippen molar-refractivity contribution in [2.24, 2.45) is 0 Å². The first kappa shape index (κ1) is 21.7. The highest BCUT2D eigenvalue weighted by Gasteiger charge is 2.23. The van der Waals surface area contributed by atoms with Gasteiger partial charge in [0, 0.05) is 16.6 Å². The van der Waals surface area contributed by atoms with Crippen molar-refractivity contribution >= 4 is 49.9 Å². The zero-order chi connectivity index (χ0) is 22.9. The number of fused-ring (bicyclic) bond motifs is 1. The number of furan rings is 1. The van der Waals surface area contributed by atoms with E-state index in [0.717, 1.165) is 5.39 Å². The molecule has 32 heavy (non-hydrogen) atoms. The second-order valence-corrected chi connectivity index (χ2v) is 9.02. The number of hydrogen-bond acceptors (Lipinski definition) is 5. The third-order valence-electron chi connectivity index (χ3n) is 4.88. The van der Waals surface area contributed by atoms with E-state index in [1.54, 1.807) is 43.3 Å². The lowest BCUT2D eigenvalue weighted by Gasteiger charge is -2.14. The number of rotatable bonds is 6. The summed E-state index contributed by atoms with van der Waals surface area (Å²) < 4.78 is 39.4. The molecule has 7 nitrogen and oxygen atoms in total. The summed E-state index contributed by atoms with van der Waals surface area (Å²) in [5.74, 6) is -0.227. The number of carbonyl (C=O) groups is 1. The van der Waals surface area contributed by atoms with Crippen molar-refractivity contribution in [2.45, 2.75) is 11.8 Å². The number of sulfonamides is 1. The third kappa shape index (κ3) is 4.15. The average molecular weight is 471 g/mol. The molecule has 1 heterocycles. The van der Waals surface area contributed by atoms with Gasteiger partial charge in [0.05, 0.1) is 17.8 Å². The molecule has 0 bridgehead atoms. The fourth-order valence-corrected chi connectivity index (χ4v) is 4.80. The van der Waals surface area contributed by atoms with Crippen LogP contribution in [0.1, 0.15) is 16.1 Å². The molecule has 4 aromatic rings. The van der Waals surface area contributed by atoms with Crippen molar-refractivity contribution in [1.82, 2.24) is 0 Å². The molecule has 0 unspecified atom stereocenters. The molecule has 0 spiro atoms. The Hall–Kier alpha value is -3.49. The summed E-state index contributed by atoms with van der Waals surface area (Å²) >= 11 is 6.08. The summed E-state index contributed by atoms with van der Waals surface area (Å²) in [4.78, 5) is 12.7. The molecule has 0 aliphatic carbocycles. The number of aryl methyl sites for hydroxylation is 1. The van der Waals surface area contributed by atoms with Gasteiger partial charge >= 0.3 is 0 Å². The number of nitrogens with one attached hydrogen (secondary N) is 2. The molecule has 3 aromatic carbocycles. The summed E-state index contributed by atoms with van der Waals surface area (Å²) in [5, 5.41) is 3.78. The highest BCUT2D eigenvalue weighted by molar-refractivity contribution is 7.92. The zero-order valence-corrected chi connectivity index (χ0v) is 18.8. The molecular weight excluding hydrogens is 452 g/mol. The topological polar surface area (TPSA) is 97.6 Å². The molecule has 0 atom stereocenters. The Morgan fingerprint density at radius 2 is 1.75 bits per heavy atom. The number of hydrogen-bond donors (Lipinski definition) is 2. The van der Waals surface area contributed by atoms with Gasteiger partial charge in [0.25, 0.3) is 15.9 Å². The van der Waals surface area contributed by atoms with E-state index in [-0.39, 0.29) is 32.8 Å². The van der Waals surface area contributed by atoms with Gasteiger partial charge in [-0.05, 0) is 43.3 Å². The normalized spacial score (nSPS) is 11.3. The van der Waals surface area contributed by atoms with Gasteiger partial charge in [-0.2, -0.15) is 0 Å². The Balaban J connectivity index is 1.66. The Labute approximate surface area is 190 Å². The number of carbonyl (C=O) groups excluding carboxylic acids is 1. The summed E-state index contributed by atoms with van der Waals surface area (Å²) in [6.45, 7) is 1.79. The van der Waals surface area contributed by atoms with Crippen LogP contribution in [-0.2, 0) is 10.0 Å². The van der Waals surface area contributed by atoms with Gasteiger partial charge in [-0.15, -0.1) is 0 Å². The fourth-order valence-electron chi connectivity index (χ4n) is 3.29. The molecule has 9 heteroatoms. The minimum Gasteiger partial charge on any atom is -0.495 e. The van der Waals surface area contributed by atoms with Crippen LogP contribution in [0.2, 0.25) is 5.02 Å². The first-order valence-corrected chi connectivity index (χ1v) is 11.4. The van der Waals surface area contributed by atoms with Crippen LogP contribution >= 0.6 is 11.6 Å². The maximum absolute atomic E-state index is 13.0. The average Bonchev–Trinajstić information content (AvgIpc) is 3.12. The first-order chi connectivity index (χ1) is 15.3. The standard InChI is InChI=1S/C23H19ClN2O5S/c1-14-16-7-3-6-10-19(16)31-22(14)23(27)25-15-11-12-20(30-2)21(13-15)32(28,29)26-18-9-5-4-8-17(18)24/h3-13,26H,1-2H3,(H,25,27). The van der Waals surface area contributed by atoms with E-state index in [2.05, 4.69) is 10.0 Å². The summed E-state index contributed by atoms with van der Waals surface area (Å²) in [5.41, 5.74) is 1.77. The zero-order valence-electron chi connectivity index (χ0n) is 17.2. The van der Waals surface area contributed by atoms with E-state index in [4.69, 9.17) is 20.8 Å². The van der Waals surface area contributed by atoms with Crippen LogP contribution in [-0.4, -0.2) is 21.4 Å². The molecule has 0 fully saturated rings. The molecular formula is C23H19ClN2O5S. The molecule has 1 aromatic heterocycles. The minimum atomic E-state index is -4.06. The van der Waals surface area contributed by atoms with Crippen molar-refractivity contribution in [2.75, 3.05) is 17.1 Å². The molecule has 1 amide bonds. The van der Waals surface area contributed by atoms with Gasteiger partial charge in [-0.1, -0.05) is 41.9 Å². The fraction of sp³-hybridized carbons (Fsp3) is 0.0870. The molecule has 0 saturated carbocycles. The van der Waals surface area contributed by atoms with Crippen molar-refractivity contribution in [3.63, 3.8) is 0 Å². The lowest BCUT2D eigenvalue weighted by atomic mass is 10.1. The van der Waals surface area contributed by atoms with Gasteiger partial charge in [0.1, 0.15) is 16.2 Å². The van der Waals surface area contributed by atoms with Crippen molar-refractivity contribution in [3.05, 3.63) is 83.1 Å². The van der Waals surface area contributed by atoms with Crippen LogP contribution in [0.25, 0.3) is 11.0 Å². The number of amides is 1. The predicted octanol–water partition coefficient (Wildman–Crippen LogP) is 5.46. The quantitative estimate of drug-likeness (QED) is 0.390. The Bertz CT molecular complexity index is 1430. The van der Waals surface area contributed by atoms with Gasteiger partial charge in [-0.3, -0.25) is 9.52 Å². The van der Waals surface area contributed by atoms with Crippen LogP contribution in [0, 0.1) is 6.92 Å². The van der Waals surface area contributed by atoms with E-state index in [1.165, 1.54) is 19.2 Å². The number of halogens is 1. The summed E-state index contributed by atoms with van der Waals surface area (Å²) in [6, 6.07) is 18.1. The largest absolute Gasteiger partial charge is 0.495 e. The van der Waals surface area contributed by atoms with E-state index in [1.807, 2.05) is 18.2 Å². The summed E-state index contributed by atoms with van der Waals surface area (Å²) in [6.07, 6.45) is 0. The maximum atomic E-state index is 13.0. The van der Waals surface area contributed by atoms with E-state index in [0.29, 0.717) is 11.1 Å². The van der Waals surface area contributed by atoms with Crippen molar-refractivity contribution < 1.29 is 22.4 Å². The van der Waals surface area contributed by atoms with Crippen LogP contribution in [0.4, 0.5) is 11.4 Å². The monoisotopic (exact) mass is 470 g/mol. The number of ether oxygens (including phenoxy) is 1. The van der Waals surface area contributed by atoms with E-state index < -0.39 is 15.9 Å². The Morgan fingerprint density at radius 3 is 2.47 bits per heavy atom. The smallest absolute Gasteiger partial charge is 0.291 e. The van der Waals surface area contributed by atoms with Crippen LogP contribution < -0.4 is 14.8 Å². The van der Waals surface area contributed by atoms with E-state index in [9.17, 15) is 13.2 Å². The van der Waals surface area contributed by atoms with Gasteiger partial charge < -0.3 is 14.5 Å². The SMILES string of the molecule is COc1ccc(NC(=O)c2oc3ccccc3c2C)cc1S(=O)(=O)Nc1ccccc1Cl. The maximum Gasteiger partial charge on any atom is 0.291 e. The number of methoxy groups -OCH3 is 1. The van der Waals surface area contributed by atoms with E-state index >= 15 is 0 Å². The first-order valence-electron chi connectivity index (χ1n) is 9.55. The molecule has 0 aliphatic rings. The summed E-state index contributed by atoms with van der Waals surface area (Å²) in [7, 11) is -2.70. The lowest BCUT2D eigenvalue weighted by molar-refractivity contribution is 0.0998. The van der Waals surface area contributed by atoms with Gasteiger partial charge in [0.2, 0.25) is 0 Å². The number of anilines is 2. The number of para-hydroxylation sites is 2. The molecule has 0 radical (unpaired) electrons. The van der Waals surface area contributed by atoms with Gasteiger partial charge in [0.15, 0.2) is 5.76 Å². The Kier molecular flexibility index (Phi) is 5.82. The highest BCUT2D eigenvalue weighted by Crippen LogP contribution is 2.31. The minimum absolute atomic E-state index is 0.113. The van der Waals surface area contributed by atoms with Crippen LogP contribution in [0.3, 0.4) is 0 Å². The molecule has 164 valence electrons. The highest BCUT2D eigenvalue weighted by atomic mass is 35.5. The van der Waals surface area contributed by atoms with Crippen LogP contribution in [0.15, 0.2) is 76.0 Å². The second kappa shape index (κ2) is 8.57. The molecule has 0 saturated heterocycles. The third-order valence-corrected chi connectivity index (χ3v) is 6.60. The number of benzene rings is 3. The molecule has 4 rings (SSSR count). The van der Waals surface area contributed by atoms with Crippen LogP contribution in [0.5, 0.6) is 5.75 Å².